The number of alkyl halides is 1. The molecular weight excluding hydrogens is 430 g/mol. The fraction of sp³-hybridized carbons (Fsp3) is 0.862. The summed E-state index contributed by atoms with van der Waals surface area (Å²) in [6.45, 7) is 9.49. The van der Waals surface area contributed by atoms with Crippen LogP contribution < -0.4 is 0 Å². The first-order valence-electron chi connectivity index (χ1n) is 13.9. The van der Waals surface area contributed by atoms with Crippen LogP contribution in [0.5, 0.6) is 0 Å². The van der Waals surface area contributed by atoms with E-state index < -0.39 is 0 Å². The van der Waals surface area contributed by atoms with Crippen LogP contribution in [0.2, 0.25) is 0 Å². The minimum atomic E-state index is -0.0950. The van der Waals surface area contributed by atoms with Crippen molar-refractivity contribution in [3.8, 4) is 0 Å². The molecule has 184 valence electrons. The third-order valence-electron chi connectivity index (χ3n) is 11.0. The van der Waals surface area contributed by atoms with Crippen molar-refractivity contribution >= 4 is 11.6 Å². The maximum Gasteiger partial charge on any atom is 0.0765 e. The average Bonchev–Trinajstić information content (AvgIpc) is 3.23. The molecule has 0 radical (unpaired) electrons. The van der Waals surface area contributed by atoms with Crippen LogP contribution in [0.15, 0.2) is 22.8 Å². The molecule has 2 saturated carbocycles. The van der Waals surface area contributed by atoms with Crippen molar-refractivity contribution in [1.29, 1.82) is 0 Å². The monoisotopic (exact) mass is 473 g/mol. The van der Waals surface area contributed by atoms with Gasteiger partial charge in [0.1, 0.15) is 0 Å². The first kappa shape index (κ1) is 23.1. The van der Waals surface area contributed by atoms with Crippen LogP contribution in [0.1, 0.15) is 78.6 Å². The molecule has 4 aliphatic carbocycles. The van der Waals surface area contributed by atoms with Crippen molar-refractivity contribution in [2.75, 3.05) is 19.0 Å². The summed E-state index contributed by atoms with van der Waals surface area (Å²) in [7, 11) is 0. The molecule has 0 aromatic carbocycles. The van der Waals surface area contributed by atoms with Crippen molar-refractivity contribution < 1.29 is 9.84 Å². The number of ether oxygens (including phenoxy) is 1. The maximum absolute atomic E-state index is 10.2. The second-order valence-corrected chi connectivity index (χ2v) is 13.1. The van der Waals surface area contributed by atoms with Gasteiger partial charge < -0.3 is 9.84 Å². The molecule has 3 nitrogen and oxygen atoms in total. The van der Waals surface area contributed by atoms with Gasteiger partial charge in [0.15, 0.2) is 0 Å². The molecule has 4 fully saturated rings. The SMILES string of the molecule is CC1=C2C[C@@H]3C4CCC(O)CC4=CCC3[C@@H]2CCC2(C1)O[C@@H]1CC(C)CN(CCCl)C1[C@H]2C. The van der Waals surface area contributed by atoms with Gasteiger partial charge in [-0.2, -0.15) is 0 Å². The smallest absolute Gasteiger partial charge is 0.0765 e. The maximum atomic E-state index is 10.2. The summed E-state index contributed by atoms with van der Waals surface area (Å²) in [4.78, 5) is 2.67. The number of nitrogens with zero attached hydrogens (tertiary/aromatic N) is 1. The fourth-order valence-corrected chi connectivity index (χ4v) is 9.82. The van der Waals surface area contributed by atoms with Gasteiger partial charge in [0.2, 0.25) is 0 Å². The highest BCUT2D eigenvalue weighted by molar-refractivity contribution is 6.18. The molecule has 6 unspecified atom stereocenters. The van der Waals surface area contributed by atoms with E-state index in [4.69, 9.17) is 16.3 Å². The third kappa shape index (κ3) is 3.71. The summed E-state index contributed by atoms with van der Waals surface area (Å²) < 4.78 is 7.14. The van der Waals surface area contributed by atoms with E-state index in [1.54, 1.807) is 16.7 Å². The molecule has 4 heteroatoms. The number of hydrogen-bond acceptors (Lipinski definition) is 3. The summed E-state index contributed by atoms with van der Waals surface area (Å²) in [6, 6.07) is 0.539. The highest BCUT2D eigenvalue weighted by atomic mass is 35.5. The molecule has 2 aliphatic heterocycles. The zero-order valence-corrected chi connectivity index (χ0v) is 21.7. The molecule has 1 N–H and O–H groups in total. The number of halogens is 1. The molecule has 0 bridgehead atoms. The molecular formula is C29H44ClNO2. The van der Waals surface area contributed by atoms with E-state index in [0.717, 1.165) is 55.4 Å². The predicted molar refractivity (Wildman–Crippen MR) is 134 cm³/mol. The second-order valence-electron chi connectivity index (χ2n) is 12.7. The van der Waals surface area contributed by atoms with Crippen molar-refractivity contribution in [3.05, 3.63) is 22.8 Å². The van der Waals surface area contributed by atoms with E-state index in [9.17, 15) is 5.11 Å². The Morgan fingerprint density at radius 1 is 1.15 bits per heavy atom. The molecule has 2 heterocycles. The standard InChI is InChI=1S/C29H44ClNO2/c1-17-12-27-28(31(16-17)11-10-30)19(3)29(33-27)9-8-24-23-6-4-20-13-21(32)5-7-22(20)26(23)14-25(24)18(2)15-29/h4,17,19,21-24,26-28,32H,5-16H2,1-3H3/t17?,19-,21?,22?,23?,24+,26-,27-,28?,29?/m1/s1. The van der Waals surface area contributed by atoms with Crippen LogP contribution >= 0.6 is 11.6 Å². The van der Waals surface area contributed by atoms with Gasteiger partial charge in [-0.05, 0) is 94.3 Å². The van der Waals surface area contributed by atoms with Crippen LogP contribution in [0.4, 0.5) is 0 Å². The van der Waals surface area contributed by atoms with Gasteiger partial charge in [-0.15, -0.1) is 11.6 Å². The van der Waals surface area contributed by atoms with Crippen LogP contribution in [-0.4, -0.2) is 52.8 Å². The molecule has 10 atom stereocenters. The highest BCUT2D eigenvalue weighted by Gasteiger charge is 2.58. The number of fused-ring (bicyclic) bond motifs is 6. The number of aliphatic hydroxyl groups excluding tert-OH is 1. The summed E-state index contributed by atoms with van der Waals surface area (Å²) in [5.74, 6) is 5.13. The Morgan fingerprint density at radius 2 is 2.00 bits per heavy atom. The summed E-state index contributed by atoms with van der Waals surface area (Å²) in [5.41, 5.74) is 5.07. The second kappa shape index (κ2) is 8.64. The largest absolute Gasteiger partial charge is 0.393 e. The van der Waals surface area contributed by atoms with Crippen molar-refractivity contribution in [2.24, 2.45) is 35.5 Å². The number of allylic oxidation sites excluding steroid dienone is 2. The van der Waals surface area contributed by atoms with E-state index in [1.165, 1.54) is 45.1 Å². The van der Waals surface area contributed by atoms with Crippen molar-refractivity contribution in [2.45, 2.75) is 102 Å². The Labute approximate surface area is 206 Å². The topological polar surface area (TPSA) is 32.7 Å². The van der Waals surface area contributed by atoms with Gasteiger partial charge in [0, 0.05) is 30.9 Å². The Balaban J connectivity index is 1.25. The Morgan fingerprint density at radius 3 is 2.82 bits per heavy atom. The van der Waals surface area contributed by atoms with Gasteiger partial charge >= 0.3 is 0 Å². The van der Waals surface area contributed by atoms with Crippen LogP contribution in [-0.2, 0) is 4.74 Å². The number of piperidine rings is 1. The highest BCUT2D eigenvalue weighted by Crippen LogP contribution is 2.60. The average molecular weight is 474 g/mol. The number of hydrogen-bond donors (Lipinski definition) is 1. The van der Waals surface area contributed by atoms with Gasteiger partial charge in [0.05, 0.1) is 17.8 Å². The lowest BCUT2D eigenvalue weighted by molar-refractivity contribution is -0.0786. The summed E-state index contributed by atoms with van der Waals surface area (Å²) in [5, 5.41) is 10.2. The number of aliphatic hydroxyl groups is 1. The van der Waals surface area contributed by atoms with Crippen LogP contribution in [0.25, 0.3) is 0 Å². The number of likely N-dealkylation sites (tertiary alicyclic amines) is 1. The van der Waals surface area contributed by atoms with Crippen molar-refractivity contribution in [3.63, 3.8) is 0 Å². The molecule has 2 saturated heterocycles. The first-order chi connectivity index (χ1) is 15.9. The minimum Gasteiger partial charge on any atom is -0.393 e. The summed E-state index contributed by atoms with van der Waals surface area (Å²) >= 11 is 6.22. The van der Waals surface area contributed by atoms with Crippen LogP contribution in [0.3, 0.4) is 0 Å². The lowest BCUT2D eigenvalue weighted by atomic mass is 9.65. The molecule has 6 rings (SSSR count). The molecule has 6 aliphatic rings. The molecule has 1 spiro atoms. The Bertz CT molecular complexity index is 837. The van der Waals surface area contributed by atoms with E-state index in [-0.39, 0.29) is 11.7 Å². The lowest BCUT2D eigenvalue weighted by Crippen LogP contribution is -2.52. The van der Waals surface area contributed by atoms with E-state index in [1.807, 2.05) is 0 Å². The van der Waals surface area contributed by atoms with Gasteiger partial charge in [-0.25, -0.2) is 0 Å². The zero-order chi connectivity index (χ0) is 22.9. The zero-order valence-electron chi connectivity index (χ0n) is 20.9. The van der Waals surface area contributed by atoms with E-state index >= 15 is 0 Å². The fourth-order valence-electron chi connectivity index (χ4n) is 9.60. The van der Waals surface area contributed by atoms with Gasteiger partial charge in [-0.3, -0.25) is 4.90 Å². The lowest BCUT2D eigenvalue weighted by Gasteiger charge is -2.41. The number of rotatable bonds is 2. The van der Waals surface area contributed by atoms with Gasteiger partial charge in [0.25, 0.3) is 0 Å². The van der Waals surface area contributed by atoms with Crippen LogP contribution in [0, 0.1) is 35.5 Å². The molecule has 0 aromatic heterocycles. The van der Waals surface area contributed by atoms with Crippen molar-refractivity contribution in [1.82, 2.24) is 4.90 Å². The normalized spacial score (nSPS) is 49.8. The van der Waals surface area contributed by atoms with Gasteiger partial charge in [-0.1, -0.05) is 36.6 Å². The third-order valence-corrected chi connectivity index (χ3v) is 11.1. The molecule has 0 amide bonds. The minimum absolute atomic E-state index is 0.0193. The Hall–Kier alpha value is -0.350. The summed E-state index contributed by atoms with van der Waals surface area (Å²) in [6.07, 6.45) is 13.4. The first-order valence-corrected chi connectivity index (χ1v) is 14.5. The molecule has 0 aromatic rings. The van der Waals surface area contributed by atoms with E-state index in [0.29, 0.717) is 24.0 Å². The predicted octanol–water partition coefficient (Wildman–Crippen LogP) is 5.95. The molecule has 33 heavy (non-hydrogen) atoms. The quantitative estimate of drug-likeness (QED) is 0.397. The van der Waals surface area contributed by atoms with E-state index in [2.05, 4.69) is 31.7 Å². The Kier molecular flexibility index (Phi) is 6.04.